The topological polar surface area (TPSA) is 123 Å². The third kappa shape index (κ3) is 6.66. The van der Waals surface area contributed by atoms with Crippen LogP contribution in [0.1, 0.15) is 18.4 Å². The van der Waals surface area contributed by atoms with E-state index in [9.17, 15) is 8.78 Å². The summed E-state index contributed by atoms with van der Waals surface area (Å²) in [7, 11) is 1.29. The maximum absolute atomic E-state index is 14.1. The molecule has 1 aromatic carbocycles. The molecule has 1 fully saturated rings. The molecule has 32 heavy (non-hydrogen) atoms. The first-order chi connectivity index (χ1) is 15.5. The average Bonchev–Trinajstić information content (AvgIpc) is 2.79. The summed E-state index contributed by atoms with van der Waals surface area (Å²) in [5, 5.41) is 9.04. The SMILES string of the molecule is COc1c(F)cc(F)cc1C(/C=C/C(=C\N)C(C=NC1CCN(CCO)CC1)=CN)=C/N. The van der Waals surface area contributed by atoms with Crippen molar-refractivity contribution in [3.8, 4) is 5.75 Å². The number of aliphatic hydroxyl groups excluding tert-OH is 1. The molecule has 1 saturated heterocycles. The highest BCUT2D eigenvalue weighted by atomic mass is 19.1. The molecule has 0 saturated carbocycles. The number of β-amino-alcohol motifs (C(OH)–C–C–N with tert-alkyl or cyclic N) is 1. The molecule has 0 radical (unpaired) electrons. The number of ether oxygens (including phenoxy) is 1. The van der Waals surface area contributed by atoms with Crippen LogP contribution >= 0.6 is 0 Å². The number of likely N-dealkylation sites (tertiary alicyclic amines) is 1. The summed E-state index contributed by atoms with van der Waals surface area (Å²) in [4.78, 5) is 6.82. The molecule has 174 valence electrons. The third-order valence-corrected chi connectivity index (χ3v) is 5.24. The van der Waals surface area contributed by atoms with E-state index in [2.05, 4.69) is 9.89 Å². The number of nitrogens with zero attached hydrogens (tertiary/aromatic N) is 2. The molecular formula is C23H31F2N5O2. The fourth-order valence-electron chi connectivity index (χ4n) is 3.48. The number of rotatable bonds is 9. The third-order valence-electron chi connectivity index (χ3n) is 5.24. The normalized spacial score (nSPS) is 17.6. The van der Waals surface area contributed by atoms with Gasteiger partial charge in [0.05, 0.1) is 19.8 Å². The lowest BCUT2D eigenvalue weighted by molar-refractivity contribution is 0.165. The van der Waals surface area contributed by atoms with Crippen LogP contribution in [-0.2, 0) is 0 Å². The first-order valence-corrected chi connectivity index (χ1v) is 10.3. The zero-order valence-electron chi connectivity index (χ0n) is 18.2. The summed E-state index contributed by atoms with van der Waals surface area (Å²) >= 11 is 0. The quantitative estimate of drug-likeness (QED) is 0.339. The number of aliphatic hydroxyl groups is 1. The van der Waals surface area contributed by atoms with Crippen molar-refractivity contribution in [2.75, 3.05) is 33.4 Å². The van der Waals surface area contributed by atoms with Crippen molar-refractivity contribution < 1.29 is 18.6 Å². The van der Waals surface area contributed by atoms with E-state index in [1.807, 2.05) is 0 Å². The number of nitrogens with two attached hydrogens (primary N) is 3. The highest BCUT2D eigenvalue weighted by Crippen LogP contribution is 2.31. The minimum Gasteiger partial charge on any atom is -0.493 e. The van der Waals surface area contributed by atoms with Gasteiger partial charge in [0.1, 0.15) is 5.82 Å². The van der Waals surface area contributed by atoms with Gasteiger partial charge in [0.25, 0.3) is 0 Å². The number of allylic oxidation sites excluding steroid dienone is 5. The zero-order chi connectivity index (χ0) is 23.5. The van der Waals surface area contributed by atoms with Crippen molar-refractivity contribution in [1.29, 1.82) is 0 Å². The Labute approximate surface area is 187 Å². The van der Waals surface area contributed by atoms with E-state index in [0.717, 1.165) is 38.1 Å². The van der Waals surface area contributed by atoms with Crippen molar-refractivity contribution >= 4 is 11.8 Å². The van der Waals surface area contributed by atoms with Gasteiger partial charge in [0, 0.05) is 72.8 Å². The lowest BCUT2D eigenvalue weighted by atomic mass is 10.0. The van der Waals surface area contributed by atoms with E-state index >= 15 is 0 Å². The summed E-state index contributed by atoms with van der Waals surface area (Å²) in [6.45, 7) is 2.57. The Balaban J connectivity index is 2.16. The molecule has 1 heterocycles. The predicted molar refractivity (Wildman–Crippen MR) is 124 cm³/mol. The minimum absolute atomic E-state index is 0.116. The molecule has 1 aliphatic heterocycles. The number of halogens is 2. The monoisotopic (exact) mass is 447 g/mol. The Bertz CT molecular complexity index is 917. The van der Waals surface area contributed by atoms with Gasteiger partial charge in [-0.05, 0) is 18.9 Å². The molecule has 0 unspecified atom stereocenters. The van der Waals surface area contributed by atoms with E-state index < -0.39 is 11.6 Å². The maximum Gasteiger partial charge on any atom is 0.168 e. The van der Waals surface area contributed by atoms with Crippen LogP contribution in [0.25, 0.3) is 5.57 Å². The van der Waals surface area contributed by atoms with Gasteiger partial charge in [0.15, 0.2) is 11.6 Å². The molecule has 0 aliphatic carbocycles. The number of hydrogen-bond donors (Lipinski definition) is 4. The van der Waals surface area contributed by atoms with Crippen LogP contribution in [0.5, 0.6) is 5.75 Å². The van der Waals surface area contributed by atoms with Crippen molar-refractivity contribution in [2.24, 2.45) is 22.2 Å². The van der Waals surface area contributed by atoms with Crippen LogP contribution in [0.15, 0.2) is 59.0 Å². The average molecular weight is 448 g/mol. The van der Waals surface area contributed by atoms with E-state index in [1.54, 1.807) is 18.4 Å². The summed E-state index contributed by atoms with van der Waals surface area (Å²) < 4.78 is 32.9. The van der Waals surface area contributed by atoms with E-state index in [-0.39, 0.29) is 24.0 Å². The van der Waals surface area contributed by atoms with Crippen LogP contribution in [0.4, 0.5) is 8.78 Å². The van der Waals surface area contributed by atoms with Gasteiger partial charge >= 0.3 is 0 Å². The van der Waals surface area contributed by atoms with Crippen molar-refractivity contribution in [3.05, 3.63) is 71.2 Å². The van der Waals surface area contributed by atoms with Crippen LogP contribution in [0, 0.1) is 11.6 Å². The van der Waals surface area contributed by atoms with Crippen LogP contribution in [0.2, 0.25) is 0 Å². The fraction of sp³-hybridized carbons (Fsp3) is 0.348. The largest absolute Gasteiger partial charge is 0.493 e. The molecule has 1 aromatic rings. The van der Waals surface area contributed by atoms with Crippen LogP contribution in [0.3, 0.4) is 0 Å². The Hall–Kier alpha value is -3.17. The molecule has 9 heteroatoms. The van der Waals surface area contributed by atoms with Gasteiger partial charge in [-0.3, -0.25) is 4.99 Å². The smallest absolute Gasteiger partial charge is 0.168 e. The number of hydrogen-bond acceptors (Lipinski definition) is 7. The summed E-state index contributed by atoms with van der Waals surface area (Å²) in [5.74, 6) is -1.69. The molecule has 0 bridgehead atoms. The van der Waals surface area contributed by atoms with Crippen molar-refractivity contribution in [2.45, 2.75) is 18.9 Å². The first-order valence-electron chi connectivity index (χ1n) is 10.3. The standard InChI is InChI=1S/C23H31F2N5O2/c1-32-23-21(10-19(24)11-22(23)25)17(13-27)3-2-16(12-26)18(14-28)15-29-20-4-6-30(7-5-20)8-9-31/h2-3,10-15,20,31H,4-9,26-28H2,1H3/b3-2+,16-12+,17-13+,18-14?,29-15?. The molecule has 0 aromatic heterocycles. The zero-order valence-corrected chi connectivity index (χ0v) is 18.2. The minimum atomic E-state index is -0.829. The van der Waals surface area contributed by atoms with Gasteiger partial charge in [0.2, 0.25) is 0 Å². The molecule has 2 rings (SSSR count). The Kier molecular flexibility index (Phi) is 9.90. The van der Waals surface area contributed by atoms with E-state index in [1.165, 1.54) is 25.7 Å². The molecule has 0 spiro atoms. The molecular weight excluding hydrogens is 416 g/mol. The maximum atomic E-state index is 14.1. The van der Waals surface area contributed by atoms with Crippen LogP contribution in [-0.4, -0.2) is 55.6 Å². The van der Waals surface area contributed by atoms with Gasteiger partial charge in [-0.2, -0.15) is 0 Å². The second-order valence-corrected chi connectivity index (χ2v) is 7.24. The predicted octanol–water partition coefficient (Wildman–Crippen LogP) is 2.04. The highest BCUT2D eigenvalue weighted by Gasteiger charge is 2.18. The summed E-state index contributed by atoms with van der Waals surface area (Å²) in [5.41, 5.74) is 18.9. The van der Waals surface area contributed by atoms with Crippen LogP contribution < -0.4 is 21.9 Å². The Morgan fingerprint density at radius 1 is 1.12 bits per heavy atom. The van der Waals surface area contributed by atoms with E-state index in [0.29, 0.717) is 23.3 Å². The number of aliphatic imine (C=N–C) groups is 1. The summed E-state index contributed by atoms with van der Waals surface area (Å²) in [6, 6.07) is 2.04. The number of methoxy groups -OCH3 is 1. The van der Waals surface area contributed by atoms with Crippen molar-refractivity contribution in [3.63, 3.8) is 0 Å². The van der Waals surface area contributed by atoms with Gasteiger partial charge < -0.3 is 31.9 Å². The molecule has 7 nitrogen and oxygen atoms in total. The molecule has 0 atom stereocenters. The second-order valence-electron chi connectivity index (χ2n) is 7.24. The first kappa shape index (κ1) is 25.1. The lowest BCUT2D eigenvalue weighted by Crippen LogP contribution is -2.37. The highest BCUT2D eigenvalue weighted by molar-refractivity contribution is 5.87. The number of benzene rings is 1. The van der Waals surface area contributed by atoms with Gasteiger partial charge in [-0.1, -0.05) is 12.2 Å². The molecule has 7 N–H and O–H groups in total. The Morgan fingerprint density at radius 2 is 1.81 bits per heavy atom. The van der Waals surface area contributed by atoms with Crippen molar-refractivity contribution in [1.82, 2.24) is 4.90 Å². The fourth-order valence-corrected chi connectivity index (χ4v) is 3.48. The molecule has 1 aliphatic rings. The van der Waals surface area contributed by atoms with Gasteiger partial charge in [-0.25, -0.2) is 8.78 Å². The van der Waals surface area contributed by atoms with E-state index in [4.69, 9.17) is 27.0 Å². The number of piperidine rings is 1. The summed E-state index contributed by atoms with van der Waals surface area (Å²) in [6.07, 6.45) is 10.6. The molecule has 0 amide bonds. The Morgan fingerprint density at radius 3 is 2.38 bits per heavy atom. The second kappa shape index (κ2) is 12.6. The van der Waals surface area contributed by atoms with Gasteiger partial charge in [-0.15, -0.1) is 0 Å². The lowest BCUT2D eigenvalue weighted by Gasteiger charge is -2.29.